The molecule has 0 spiro atoms. The number of aliphatic hydroxyl groups is 1. The maximum absolute atomic E-state index is 14.6. The lowest BCUT2D eigenvalue weighted by Crippen LogP contribution is -2.30. The predicted octanol–water partition coefficient (Wildman–Crippen LogP) is 4.43. The molecule has 2 aliphatic carbocycles. The van der Waals surface area contributed by atoms with E-state index in [2.05, 4.69) is 20.6 Å². The van der Waals surface area contributed by atoms with E-state index in [9.17, 15) is 18.7 Å². The number of nitrogens with one attached hydrogen (secondary N) is 2. The Morgan fingerprint density at radius 3 is 2.61 bits per heavy atom. The van der Waals surface area contributed by atoms with Crippen molar-refractivity contribution in [1.82, 2.24) is 19.5 Å². The number of anilines is 3. The van der Waals surface area contributed by atoms with Crippen LogP contribution in [0.4, 0.5) is 26.4 Å². The third-order valence-electron chi connectivity index (χ3n) is 7.16. The van der Waals surface area contributed by atoms with Gasteiger partial charge in [-0.05, 0) is 63.5 Å². The number of fused-ring (bicyclic) bond motifs is 1. The van der Waals surface area contributed by atoms with E-state index in [0.29, 0.717) is 49.2 Å². The molecule has 0 aliphatic heterocycles. The molecule has 1 aromatic carbocycles. The number of aliphatic hydroxyl groups excluding tert-OH is 1. The van der Waals surface area contributed by atoms with E-state index in [1.54, 1.807) is 6.20 Å². The standard InChI is InChI=1S/C24H28ClF2N7O2/c25-16-8-9-17(20(27)19(16)26)31-24-32-18-11-29-23(30-13-2-1-3-15(35)10-13)33-22(18)34(24)14-6-4-12(5-7-14)21(28)36/h8-9,11-15,35H,1-7,10H2,(H2,28,36)(H,31,32)(H,29,30,33)/t12-,13-,14-,15+/m1/s1. The average Bonchev–Trinajstić information content (AvgIpc) is 3.21. The van der Waals surface area contributed by atoms with Gasteiger partial charge in [0, 0.05) is 18.0 Å². The third-order valence-corrected chi connectivity index (χ3v) is 7.45. The van der Waals surface area contributed by atoms with Crippen molar-refractivity contribution in [3.63, 3.8) is 0 Å². The fourth-order valence-corrected chi connectivity index (χ4v) is 5.38. The lowest BCUT2D eigenvalue weighted by atomic mass is 9.85. The highest BCUT2D eigenvalue weighted by molar-refractivity contribution is 6.30. The van der Waals surface area contributed by atoms with Crippen molar-refractivity contribution in [1.29, 1.82) is 0 Å². The summed E-state index contributed by atoms with van der Waals surface area (Å²) in [5.74, 6) is -2.07. The molecule has 2 aliphatic rings. The van der Waals surface area contributed by atoms with Gasteiger partial charge < -0.3 is 21.5 Å². The Labute approximate surface area is 211 Å². The molecule has 2 atom stereocenters. The molecule has 5 rings (SSSR count). The quantitative estimate of drug-likeness (QED) is 0.354. The molecular formula is C24H28ClF2N7O2. The molecule has 9 nitrogen and oxygen atoms in total. The number of benzene rings is 1. The lowest BCUT2D eigenvalue weighted by molar-refractivity contribution is -0.122. The highest BCUT2D eigenvalue weighted by Gasteiger charge is 2.30. The number of hydrogen-bond acceptors (Lipinski definition) is 7. The summed E-state index contributed by atoms with van der Waals surface area (Å²) in [6, 6.07) is 2.58. The van der Waals surface area contributed by atoms with E-state index in [1.807, 2.05) is 4.57 Å². The fraction of sp³-hybridized carbons (Fsp3) is 0.500. The summed E-state index contributed by atoms with van der Waals surface area (Å²) in [5.41, 5.74) is 6.42. The van der Waals surface area contributed by atoms with E-state index >= 15 is 0 Å². The van der Waals surface area contributed by atoms with Crippen LogP contribution in [0, 0.1) is 17.6 Å². The van der Waals surface area contributed by atoms with E-state index in [-0.39, 0.29) is 46.7 Å². The molecule has 36 heavy (non-hydrogen) atoms. The van der Waals surface area contributed by atoms with Crippen LogP contribution in [0.5, 0.6) is 0 Å². The van der Waals surface area contributed by atoms with Gasteiger partial charge in [-0.3, -0.25) is 9.36 Å². The van der Waals surface area contributed by atoms with Gasteiger partial charge in [-0.25, -0.2) is 18.7 Å². The molecular weight excluding hydrogens is 492 g/mol. The van der Waals surface area contributed by atoms with Crippen molar-refractivity contribution in [2.45, 2.75) is 69.6 Å². The first kappa shape index (κ1) is 24.6. The molecule has 2 aromatic heterocycles. The number of imidazole rings is 1. The molecule has 5 N–H and O–H groups in total. The number of halogens is 3. The van der Waals surface area contributed by atoms with Crippen LogP contribution in [-0.4, -0.2) is 42.7 Å². The van der Waals surface area contributed by atoms with Crippen LogP contribution in [0.1, 0.15) is 57.4 Å². The van der Waals surface area contributed by atoms with Crippen LogP contribution in [-0.2, 0) is 4.79 Å². The Morgan fingerprint density at radius 2 is 1.89 bits per heavy atom. The van der Waals surface area contributed by atoms with E-state index in [1.165, 1.54) is 12.1 Å². The van der Waals surface area contributed by atoms with E-state index in [0.717, 1.165) is 19.3 Å². The predicted molar refractivity (Wildman–Crippen MR) is 132 cm³/mol. The molecule has 0 saturated heterocycles. The minimum atomic E-state index is -1.15. The van der Waals surface area contributed by atoms with E-state index in [4.69, 9.17) is 22.3 Å². The van der Waals surface area contributed by atoms with Crippen LogP contribution < -0.4 is 16.4 Å². The van der Waals surface area contributed by atoms with Gasteiger partial charge in [0.15, 0.2) is 17.3 Å². The second-order valence-corrected chi connectivity index (χ2v) is 10.0. The first-order valence-corrected chi connectivity index (χ1v) is 12.6. The van der Waals surface area contributed by atoms with Gasteiger partial charge in [0.2, 0.25) is 17.8 Å². The summed E-state index contributed by atoms with van der Waals surface area (Å²) < 4.78 is 30.6. The highest BCUT2D eigenvalue weighted by atomic mass is 35.5. The topological polar surface area (TPSA) is 131 Å². The van der Waals surface area contributed by atoms with Gasteiger partial charge in [-0.2, -0.15) is 4.98 Å². The lowest BCUT2D eigenvalue weighted by Gasteiger charge is -2.29. The summed E-state index contributed by atoms with van der Waals surface area (Å²) in [7, 11) is 0. The molecule has 3 aromatic rings. The van der Waals surface area contributed by atoms with Gasteiger partial charge in [-0.15, -0.1) is 0 Å². The molecule has 0 bridgehead atoms. The third kappa shape index (κ3) is 4.94. The van der Waals surface area contributed by atoms with Crippen LogP contribution in [0.3, 0.4) is 0 Å². The van der Waals surface area contributed by atoms with Crippen LogP contribution >= 0.6 is 11.6 Å². The van der Waals surface area contributed by atoms with Crippen molar-refractivity contribution < 1.29 is 18.7 Å². The summed E-state index contributed by atoms with van der Waals surface area (Å²) in [4.78, 5) is 25.4. The van der Waals surface area contributed by atoms with Gasteiger partial charge in [-0.1, -0.05) is 11.6 Å². The number of nitrogens with zero attached hydrogens (tertiary/aromatic N) is 4. The second-order valence-electron chi connectivity index (χ2n) is 9.63. The average molecular weight is 520 g/mol. The van der Waals surface area contributed by atoms with Crippen molar-refractivity contribution in [3.8, 4) is 0 Å². The van der Waals surface area contributed by atoms with Gasteiger partial charge >= 0.3 is 0 Å². The number of aromatic nitrogens is 4. The normalized spacial score (nSPS) is 24.6. The summed E-state index contributed by atoms with van der Waals surface area (Å²) in [6.45, 7) is 0. The van der Waals surface area contributed by atoms with Crippen molar-refractivity contribution in [2.24, 2.45) is 11.7 Å². The molecule has 1 amide bonds. The maximum Gasteiger partial charge on any atom is 0.224 e. The largest absolute Gasteiger partial charge is 0.393 e. The summed E-state index contributed by atoms with van der Waals surface area (Å²) in [5, 5.41) is 15.9. The monoisotopic (exact) mass is 519 g/mol. The zero-order valence-electron chi connectivity index (χ0n) is 19.6. The number of carbonyl (C=O) groups is 1. The van der Waals surface area contributed by atoms with Gasteiger partial charge in [0.25, 0.3) is 0 Å². The number of nitrogens with two attached hydrogens (primary N) is 1. The Bertz CT molecular complexity index is 1280. The smallest absolute Gasteiger partial charge is 0.224 e. The molecule has 192 valence electrons. The molecule has 0 unspecified atom stereocenters. The second kappa shape index (κ2) is 10.1. The molecule has 12 heteroatoms. The number of carbonyl (C=O) groups excluding carboxylic acids is 1. The Balaban J connectivity index is 1.51. The first-order chi connectivity index (χ1) is 17.3. The van der Waals surface area contributed by atoms with Gasteiger partial charge in [0.1, 0.15) is 5.52 Å². The SMILES string of the molecule is NC(=O)[C@H]1CC[C@H](n2c(Nc3ccc(Cl)c(F)c3F)nc3cnc(N[C@@H]4CCC[C@H](O)C4)nc32)CC1. The van der Waals surface area contributed by atoms with Crippen LogP contribution in [0.2, 0.25) is 5.02 Å². The molecule has 2 fully saturated rings. The Kier molecular flexibility index (Phi) is 6.94. The molecule has 2 heterocycles. The summed E-state index contributed by atoms with van der Waals surface area (Å²) >= 11 is 5.71. The first-order valence-electron chi connectivity index (χ1n) is 12.2. The van der Waals surface area contributed by atoms with E-state index < -0.39 is 11.6 Å². The van der Waals surface area contributed by atoms with Crippen molar-refractivity contribution >= 4 is 46.3 Å². The number of amides is 1. The Hall–Kier alpha value is -3.05. The van der Waals surface area contributed by atoms with Crippen LogP contribution in [0.15, 0.2) is 18.3 Å². The van der Waals surface area contributed by atoms with Crippen LogP contribution in [0.25, 0.3) is 11.2 Å². The number of hydrogen-bond donors (Lipinski definition) is 4. The van der Waals surface area contributed by atoms with Crippen molar-refractivity contribution in [3.05, 3.63) is 35.0 Å². The molecule has 0 radical (unpaired) electrons. The van der Waals surface area contributed by atoms with Gasteiger partial charge in [0.05, 0.1) is 23.0 Å². The zero-order valence-corrected chi connectivity index (χ0v) is 20.3. The minimum absolute atomic E-state index is 0.0531. The fourth-order valence-electron chi connectivity index (χ4n) is 5.23. The number of primary amides is 1. The summed E-state index contributed by atoms with van der Waals surface area (Å²) in [6.07, 6.45) is 6.97. The number of rotatable bonds is 6. The van der Waals surface area contributed by atoms with Crippen molar-refractivity contribution in [2.75, 3.05) is 10.6 Å². The Morgan fingerprint density at radius 1 is 1.11 bits per heavy atom. The minimum Gasteiger partial charge on any atom is -0.393 e. The highest BCUT2D eigenvalue weighted by Crippen LogP contribution is 2.37. The molecule has 2 saturated carbocycles. The maximum atomic E-state index is 14.6. The zero-order chi connectivity index (χ0) is 25.4.